The molecule has 1 N–H and O–H groups in total. The van der Waals surface area contributed by atoms with Crippen molar-refractivity contribution in [2.45, 2.75) is 13.8 Å². The fourth-order valence-electron chi connectivity index (χ4n) is 2.16. The van der Waals surface area contributed by atoms with E-state index in [1.807, 2.05) is 38.1 Å². The van der Waals surface area contributed by atoms with Crippen LogP contribution in [0.2, 0.25) is 0 Å². The molecule has 5 heteroatoms. The zero-order valence-corrected chi connectivity index (χ0v) is 12.7. The fourth-order valence-corrected chi connectivity index (χ4v) is 2.16. The average Bonchev–Trinajstić information content (AvgIpc) is 2.51. The third-order valence-electron chi connectivity index (χ3n) is 3.28. The van der Waals surface area contributed by atoms with E-state index in [-0.39, 0.29) is 0 Å². The third kappa shape index (κ3) is 2.81. The van der Waals surface area contributed by atoms with Gasteiger partial charge in [-0.05, 0) is 32.0 Å². The molecular weight excluding hydrogens is 266 g/mol. The number of hydrogen-bond acceptors (Lipinski definition) is 4. The first-order valence-corrected chi connectivity index (χ1v) is 6.60. The fraction of sp³-hybridized carbons (Fsp3) is 0.250. The minimum atomic E-state index is 0.361. The number of rotatable bonds is 4. The van der Waals surface area contributed by atoms with Gasteiger partial charge in [-0.15, -0.1) is 0 Å². The highest BCUT2D eigenvalue weighted by molar-refractivity contribution is 5.68. The molecule has 1 aromatic heterocycles. The summed E-state index contributed by atoms with van der Waals surface area (Å²) in [6.07, 6.45) is 5.43. The highest BCUT2D eigenvalue weighted by Gasteiger charge is 2.10. The van der Waals surface area contributed by atoms with Gasteiger partial charge in [0.1, 0.15) is 0 Å². The van der Waals surface area contributed by atoms with Crippen molar-refractivity contribution >= 4 is 5.70 Å². The van der Waals surface area contributed by atoms with E-state index in [9.17, 15) is 0 Å². The average molecular weight is 285 g/mol. The topological polar surface area (TPSA) is 60.1 Å². The summed E-state index contributed by atoms with van der Waals surface area (Å²) in [5, 5.41) is 8.16. The number of benzene rings is 1. The molecule has 1 heterocycles. The summed E-state index contributed by atoms with van der Waals surface area (Å²) < 4.78 is 12.4. The molecule has 0 saturated carbocycles. The minimum absolute atomic E-state index is 0.361. The Morgan fingerprint density at radius 1 is 1.24 bits per heavy atom. The van der Waals surface area contributed by atoms with Crippen molar-refractivity contribution in [2.75, 3.05) is 14.2 Å². The molecule has 0 spiro atoms. The van der Waals surface area contributed by atoms with Crippen molar-refractivity contribution in [1.82, 2.24) is 9.55 Å². The van der Waals surface area contributed by atoms with E-state index < -0.39 is 0 Å². The number of allylic oxidation sites excluding steroid dienone is 1. The lowest BCUT2D eigenvalue weighted by molar-refractivity contribution is 0.355. The molecule has 0 bridgehead atoms. The van der Waals surface area contributed by atoms with E-state index in [1.54, 1.807) is 31.2 Å². The lowest BCUT2D eigenvalue weighted by Gasteiger charge is -2.15. The van der Waals surface area contributed by atoms with Crippen molar-refractivity contribution in [2.24, 2.45) is 0 Å². The first-order valence-electron chi connectivity index (χ1n) is 6.60. The summed E-state index contributed by atoms with van der Waals surface area (Å²) in [5.41, 5.74) is 2.88. The SMILES string of the molecule is C/C=C(/c1ccc(OC)c(OC)c1)n1ccnc(C)c1=N. The summed E-state index contributed by atoms with van der Waals surface area (Å²) in [6.45, 7) is 3.76. The second-order valence-corrected chi connectivity index (χ2v) is 4.47. The minimum Gasteiger partial charge on any atom is -0.493 e. The van der Waals surface area contributed by atoms with Crippen LogP contribution in [0.4, 0.5) is 0 Å². The molecule has 5 nitrogen and oxygen atoms in total. The largest absolute Gasteiger partial charge is 0.493 e. The van der Waals surface area contributed by atoms with Crippen LogP contribution in [0.25, 0.3) is 5.70 Å². The predicted octanol–water partition coefficient (Wildman–Crippen LogP) is 2.60. The van der Waals surface area contributed by atoms with Crippen molar-refractivity contribution in [1.29, 1.82) is 5.41 Å². The second kappa shape index (κ2) is 6.26. The molecule has 110 valence electrons. The Hall–Kier alpha value is -2.56. The number of hydrogen-bond donors (Lipinski definition) is 1. The van der Waals surface area contributed by atoms with Gasteiger partial charge < -0.3 is 9.47 Å². The molecule has 0 aliphatic carbocycles. The van der Waals surface area contributed by atoms with Crippen LogP contribution < -0.4 is 15.0 Å². The number of ether oxygens (including phenoxy) is 2. The first kappa shape index (κ1) is 14.8. The quantitative estimate of drug-likeness (QED) is 0.939. The maximum absolute atomic E-state index is 8.16. The first-order chi connectivity index (χ1) is 10.1. The van der Waals surface area contributed by atoms with Crippen molar-refractivity contribution in [3.05, 3.63) is 53.4 Å². The van der Waals surface area contributed by atoms with E-state index in [0.29, 0.717) is 22.7 Å². The summed E-state index contributed by atoms with van der Waals surface area (Å²) in [6, 6.07) is 5.70. The van der Waals surface area contributed by atoms with Gasteiger partial charge in [-0.2, -0.15) is 0 Å². The Bertz CT molecular complexity index is 733. The summed E-state index contributed by atoms with van der Waals surface area (Å²) >= 11 is 0. The normalized spacial score (nSPS) is 11.3. The van der Waals surface area contributed by atoms with Gasteiger partial charge in [0.15, 0.2) is 17.0 Å². The zero-order chi connectivity index (χ0) is 15.4. The third-order valence-corrected chi connectivity index (χ3v) is 3.28. The molecule has 0 amide bonds. The van der Waals surface area contributed by atoms with Crippen molar-refractivity contribution in [3.8, 4) is 11.5 Å². The lowest BCUT2D eigenvalue weighted by atomic mass is 10.1. The number of aromatic nitrogens is 2. The van der Waals surface area contributed by atoms with Gasteiger partial charge in [-0.25, -0.2) is 0 Å². The molecule has 2 aromatic rings. The lowest BCUT2D eigenvalue weighted by Crippen LogP contribution is -2.22. The zero-order valence-electron chi connectivity index (χ0n) is 12.7. The molecule has 1 aromatic carbocycles. The Kier molecular flexibility index (Phi) is 4.42. The van der Waals surface area contributed by atoms with Crippen LogP contribution in [-0.2, 0) is 0 Å². The molecule has 0 atom stereocenters. The van der Waals surface area contributed by atoms with Crippen LogP contribution in [0.3, 0.4) is 0 Å². The molecule has 0 aliphatic rings. The molecule has 0 fully saturated rings. The Morgan fingerprint density at radius 2 is 1.95 bits per heavy atom. The monoisotopic (exact) mass is 285 g/mol. The van der Waals surface area contributed by atoms with Gasteiger partial charge in [0, 0.05) is 18.0 Å². The number of nitrogens with one attached hydrogen (secondary N) is 1. The van der Waals surface area contributed by atoms with Gasteiger partial charge in [0.05, 0.1) is 25.6 Å². The number of nitrogens with zero attached hydrogens (tertiary/aromatic N) is 2. The molecule has 21 heavy (non-hydrogen) atoms. The van der Waals surface area contributed by atoms with Crippen LogP contribution in [0.15, 0.2) is 36.7 Å². The highest BCUT2D eigenvalue weighted by atomic mass is 16.5. The summed E-state index contributed by atoms with van der Waals surface area (Å²) in [7, 11) is 3.22. The summed E-state index contributed by atoms with van der Waals surface area (Å²) in [4.78, 5) is 4.13. The molecule has 0 saturated heterocycles. The van der Waals surface area contributed by atoms with E-state index in [0.717, 1.165) is 11.3 Å². The van der Waals surface area contributed by atoms with Gasteiger partial charge in [0.2, 0.25) is 0 Å². The standard InChI is InChI=1S/C16H19N3O2/c1-5-13(19-9-8-18-11(2)16(19)17)12-6-7-14(20-3)15(10-12)21-4/h5-10,17H,1-4H3/b13-5-,17-16?. The van der Waals surface area contributed by atoms with Gasteiger partial charge in [0.25, 0.3) is 0 Å². The number of methoxy groups -OCH3 is 2. The van der Waals surface area contributed by atoms with E-state index >= 15 is 0 Å². The van der Waals surface area contributed by atoms with Crippen LogP contribution in [0.1, 0.15) is 18.2 Å². The Balaban J connectivity index is 2.58. The molecule has 0 radical (unpaired) electrons. The molecule has 0 aliphatic heterocycles. The molecule has 2 rings (SSSR count). The Morgan fingerprint density at radius 3 is 2.57 bits per heavy atom. The molecular formula is C16H19N3O2. The molecule has 0 unspecified atom stereocenters. The highest BCUT2D eigenvalue weighted by Crippen LogP contribution is 2.30. The van der Waals surface area contributed by atoms with Crippen molar-refractivity contribution in [3.63, 3.8) is 0 Å². The van der Waals surface area contributed by atoms with E-state index in [1.165, 1.54) is 0 Å². The second-order valence-electron chi connectivity index (χ2n) is 4.47. The summed E-state index contributed by atoms with van der Waals surface area (Å²) in [5.74, 6) is 1.34. The van der Waals surface area contributed by atoms with Crippen LogP contribution in [-0.4, -0.2) is 23.8 Å². The van der Waals surface area contributed by atoms with Crippen LogP contribution in [0.5, 0.6) is 11.5 Å². The Labute approximate surface area is 124 Å². The number of aryl methyl sites for hydroxylation is 1. The van der Waals surface area contributed by atoms with Gasteiger partial charge in [-0.3, -0.25) is 15.0 Å². The maximum Gasteiger partial charge on any atom is 0.161 e. The van der Waals surface area contributed by atoms with Gasteiger partial charge in [-0.1, -0.05) is 6.08 Å². The van der Waals surface area contributed by atoms with E-state index in [4.69, 9.17) is 14.9 Å². The van der Waals surface area contributed by atoms with E-state index in [2.05, 4.69) is 4.98 Å². The predicted molar refractivity (Wildman–Crippen MR) is 81.4 cm³/mol. The smallest absolute Gasteiger partial charge is 0.161 e. The van der Waals surface area contributed by atoms with Crippen molar-refractivity contribution < 1.29 is 9.47 Å². The van der Waals surface area contributed by atoms with Crippen LogP contribution >= 0.6 is 0 Å². The van der Waals surface area contributed by atoms with Gasteiger partial charge >= 0.3 is 0 Å². The van der Waals surface area contributed by atoms with Crippen LogP contribution in [0, 0.1) is 12.3 Å². The maximum atomic E-state index is 8.16.